The number of ether oxygens (including phenoxy) is 1. The number of rotatable bonds is 5. The molecule has 31 heavy (non-hydrogen) atoms. The highest BCUT2D eigenvalue weighted by Crippen LogP contribution is 2.29. The van der Waals surface area contributed by atoms with Gasteiger partial charge in [0.15, 0.2) is 0 Å². The molecule has 154 valence electrons. The normalized spacial score (nSPS) is 13.4. The molecule has 1 aliphatic rings. The summed E-state index contributed by atoms with van der Waals surface area (Å²) in [5.74, 6) is 0. The van der Waals surface area contributed by atoms with Gasteiger partial charge in [0.25, 0.3) is 11.6 Å². The lowest BCUT2D eigenvalue weighted by atomic mass is 10.1. The van der Waals surface area contributed by atoms with Crippen LogP contribution in [0.2, 0.25) is 0 Å². The van der Waals surface area contributed by atoms with Gasteiger partial charge in [0.05, 0.1) is 33.8 Å². The molecule has 0 aliphatic carbocycles. The first-order valence-electron chi connectivity index (χ1n) is 9.83. The minimum atomic E-state index is -0.238. The highest BCUT2D eigenvalue weighted by atomic mass is 32.1. The van der Waals surface area contributed by atoms with Gasteiger partial charge in [0, 0.05) is 18.4 Å². The Kier molecular flexibility index (Phi) is 4.91. The molecule has 5 rings (SSSR count). The summed E-state index contributed by atoms with van der Waals surface area (Å²) in [7, 11) is 1.46. The molecule has 0 amide bonds. The van der Waals surface area contributed by atoms with Gasteiger partial charge in [-0.15, -0.1) is 11.3 Å². The van der Waals surface area contributed by atoms with Gasteiger partial charge in [-0.25, -0.2) is 4.98 Å². The van der Waals surface area contributed by atoms with E-state index in [0.29, 0.717) is 29.8 Å². The Balaban J connectivity index is 1.35. The molecular formula is C23H19N5O2S. The van der Waals surface area contributed by atoms with Crippen molar-refractivity contribution in [1.29, 1.82) is 0 Å². The van der Waals surface area contributed by atoms with Gasteiger partial charge in [-0.3, -0.25) is 9.78 Å². The zero-order valence-corrected chi connectivity index (χ0v) is 17.9. The zero-order chi connectivity index (χ0) is 21.4. The fourth-order valence-electron chi connectivity index (χ4n) is 3.55. The lowest BCUT2D eigenvalue weighted by Crippen LogP contribution is -2.19. The molecule has 2 aromatic heterocycles. The first-order chi connectivity index (χ1) is 15.1. The second-order valence-electron chi connectivity index (χ2n) is 7.27. The Morgan fingerprint density at radius 2 is 1.90 bits per heavy atom. The van der Waals surface area contributed by atoms with Crippen molar-refractivity contribution in [1.82, 2.24) is 15.0 Å². The van der Waals surface area contributed by atoms with E-state index in [1.807, 2.05) is 18.2 Å². The summed E-state index contributed by atoms with van der Waals surface area (Å²) in [5, 5.41) is 9.60. The Bertz CT molecular complexity index is 1400. The van der Waals surface area contributed by atoms with E-state index >= 15 is 0 Å². The summed E-state index contributed by atoms with van der Waals surface area (Å²) in [6.07, 6.45) is 1.15. The first-order valence-corrected chi connectivity index (χ1v) is 10.6. The predicted molar refractivity (Wildman–Crippen MR) is 123 cm³/mol. The molecule has 7 nitrogen and oxygen atoms in total. The van der Waals surface area contributed by atoms with Gasteiger partial charge in [-0.2, -0.15) is 15.2 Å². The summed E-state index contributed by atoms with van der Waals surface area (Å²) < 4.78 is 6.23. The van der Waals surface area contributed by atoms with E-state index in [0.717, 1.165) is 20.9 Å². The Labute approximate surface area is 182 Å². The molecule has 8 heteroatoms. The number of nitrogens with zero attached hydrogens (tertiary/aromatic N) is 4. The largest absolute Gasteiger partial charge is 0.468 e. The quantitative estimate of drug-likeness (QED) is 0.516. The van der Waals surface area contributed by atoms with E-state index in [1.165, 1.54) is 18.2 Å². The van der Waals surface area contributed by atoms with Gasteiger partial charge >= 0.3 is 0 Å². The van der Waals surface area contributed by atoms with Crippen molar-refractivity contribution in [2.75, 3.05) is 7.11 Å². The Morgan fingerprint density at radius 1 is 1.06 bits per heavy atom. The summed E-state index contributed by atoms with van der Waals surface area (Å²) in [6.45, 7) is 1.72. The van der Waals surface area contributed by atoms with Gasteiger partial charge in [-0.1, -0.05) is 36.4 Å². The van der Waals surface area contributed by atoms with Crippen molar-refractivity contribution in [2.45, 2.75) is 19.8 Å². The smallest absolute Gasteiger partial charge is 0.296 e. The number of thiazole rings is 1. The zero-order valence-electron chi connectivity index (χ0n) is 17.0. The molecule has 4 aromatic rings. The lowest BCUT2D eigenvalue weighted by Gasteiger charge is -2.06. The molecule has 0 fully saturated rings. The fourth-order valence-corrected chi connectivity index (χ4v) is 4.59. The van der Waals surface area contributed by atoms with E-state index in [1.54, 1.807) is 18.3 Å². The summed E-state index contributed by atoms with van der Waals surface area (Å²) in [4.78, 5) is 23.8. The molecule has 2 aromatic carbocycles. The fraction of sp³-hybridized carbons (Fsp3) is 0.174. The number of hydrogen-bond donors (Lipinski definition) is 1. The second kappa shape index (κ2) is 7.88. The molecule has 0 unspecified atom stereocenters. The Hall–Kier alpha value is -3.65. The van der Waals surface area contributed by atoms with E-state index in [9.17, 15) is 4.79 Å². The van der Waals surface area contributed by atoms with Crippen LogP contribution in [-0.4, -0.2) is 33.5 Å². The maximum atomic E-state index is 12.1. The average molecular weight is 430 g/mol. The highest BCUT2D eigenvalue weighted by Gasteiger charge is 2.21. The van der Waals surface area contributed by atoms with Gasteiger partial charge in [0.2, 0.25) is 0 Å². The van der Waals surface area contributed by atoms with Gasteiger partial charge in [0.1, 0.15) is 5.69 Å². The molecule has 1 N–H and O–H groups in total. The van der Waals surface area contributed by atoms with Crippen LogP contribution < -0.4 is 10.3 Å². The topological polar surface area (TPSA) is 92.6 Å². The molecule has 1 aliphatic heterocycles. The molecule has 0 spiro atoms. The van der Waals surface area contributed by atoms with Crippen molar-refractivity contribution >= 4 is 33.0 Å². The van der Waals surface area contributed by atoms with Crippen LogP contribution in [0.3, 0.4) is 0 Å². The van der Waals surface area contributed by atoms with Crippen LogP contribution in [0, 0.1) is 6.92 Å². The molecule has 3 heterocycles. The van der Waals surface area contributed by atoms with Crippen LogP contribution in [0.4, 0.5) is 0 Å². The number of hydrogen-bond acceptors (Lipinski definition) is 7. The third-order valence-electron chi connectivity index (χ3n) is 5.18. The van der Waals surface area contributed by atoms with E-state index in [4.69, 9.17) is 9.72 Å². The van der Waals surface area contributed by atoms with Crippen LogP contribution in [0.1, 0.15) is 22.7 Å². The van der Waals surface area contributed by atoms with Gasteiger partial charge < -0.3 is 4.74 Å². The molecule has 0 saturated carbocycles. The van der Waals surface area contributed by atoms with Crippen molar-refractivity contribution in [3.63, 3.8) is 0 Å². The first kappa shape index (κ1) is 19.3. The third-order valence-corrected chi connectivity index (χ3v) is 6.19. The molecular weight excluding hydrogens is 410 g/mol. The van der Waals surface area contributed by atoms with Crippen LogP contribution >= 0.6 is 11.3 Å². The number of aromatic amines is 1. The number of methoxy groups -OCH3 is 1. The number of H-pyrrole nitrogens is 1. The van der Waals surface area contributed by atoms with Crippen molar-refractivity contribution < 1.29 is 4.74 Å². The maximum Gasteiger partial charge on any atom is 0.296 e. The summed E-state index contributed by atoms with van der Waals surface area (Å²) in [6, 6.07) is 16.8. The monoisotopic (exact) mass is 429 g/mol. The molecule has 0 bridgehead atoms. The number of aromatic nitrogens is 3. The van der Waals surface area contributed by atoms with E-state index in [2.05, 4.69) is 50.5 Å². The number of nitrogens with one attached hydrogen (secondary N) is 1. The van der Waals surface area contributed by atoms with Crippen molar-refractivity contribution in [3.8, 4) is 17.1 Å². The van der Waals surface area contributed by atoms with Crippen molar-refractivity contribution in [2.24, 2.45) is 10.2 Å². The lowest BCUT2D eigenvalue weighted by molar-refractivity contribution is 0.377. The third kappa shape index (κ3) is 3.77. The van der Waals surface area contributed by atoms with E-state index in [-0.39, 0.29) is 11.6 Å². The number of fused-ring (bicyclic) bond motifs is 1. The van der Waals surface area contributed by atoms with Crippen LogP contribution in [0.5, 0.6) is 6.01 Å². The predicted octanol–water partition coefficient (Wildman–Crippen LogP) is 4.16. The van der Waals surface area contributed by atoms with E-state index < -0.39 is 0 Å². The summed E-state index contributed by atoms with van der Waals surface area (Å²) in [5.41, 5.74) is 5.71. The van der Waals surface area contributed by atoms with Crippen molar-refractivity contribution in [3.05, 3.63) is 75.1 Å². The standard InChI is InChI=1S/C23H19N5O2S/c1-13-21(25-23(30-2)26-22(13)29)18-11-16(27-28-18)12-20-24-17-9-8-15(10-19(17)31-20)14-6-4-3-5-7-14/h3-10H,11-12H2,1-2H3,(H,25,26,29). The van der Waals surface area contributed by atoms with Crippen LogP contribution in [-0.2, 0) is 6.42 Å². The number of benzene rings is 2. The molecule has 0 saturated heterocycles. The average Bonchev–Trinajstić information content (AvgIpc) is 3.42. The minimum absolute atomic E-state index is 0.169. The molecule has 0 radical (unpaired) electrons. The second-order valence-corrected chi connectivity index (χ2v) is 8.39. The maximum absolute atomic E-state index is 12.1. The SMILES string of the molecule is COc1nc(C2=NN=C(Cc3nc4ccc(-c5ccccc5)cc4s3)C2)c(C)c(=O)[nH]1. The van der Waals surface area contributed by atoms with Crippen LogP contribution in [0.25, 0.3) is 21.3 Å². The van der Waals surface area contributed by atoms with Gasteiger partial charge in [-0.05, 0) is 30.2 Å². The molecule has 0 atom stereocenters. The van der Waals surface area contributed by atoms with Crippen LogP contribution in [0.15, 0.2) is 63.5 Å². The highest BCUT2D eigenvalue weighted by molar-refractivity contribution is 7.18. The Morgan fingerprint density at radius 3 is 2.71 bits per heavy atom. The minimum Gasteiger partial charge on any atom is -0.468 e. The summed E-state index contributed by atoms with van der Waals surface area (Å²) >= 11 is 1.67.